The second-order valence-electron chi connectivity index (χ2n) is 6.46. The minimum atomic E-state index is 0.183. The molecule has 0 spiro atoms. The molecule has 0 radical (unpaired) electrons. The molecule has 2 aliphatic rings. The molecule has 0 unspecified atom stereocenters. The molecule has 110 valence electrons. The molecule has 0 fully saturated rings. The Labute approximate surface area is 130 Å². The lowest BCUT2D eigenvalue weighted by molar-refractivity contribution is 0.101. The predicted octanol–water partition coefficient (Wildman–Crippen LogP) is 3.75. The summed E-state index contributed by atoms with van der Waals surface area (Å²) >= 11 is 0. The average Bonchev–Trinajstić information content (AvgIpc) is 2.54. The van der Waals surface area contributed by atoms with E-state index in [1.807, 2.05) is 0 Å². The van der Waals surface area contributed by atoms with Gasteiger partial charge in [0.2, 0.25) is 0 Å². The fourth-order valence-electron chi connectivity index (χ4n) is 3.93. The Morgan fingerprint density at radius 3 is 2.77 bits per heavy atom. The van der Waals surface area contributed by atoms with Gasteiger partial charge in [-0.3, -0.25) is 4.79 Å². The van der Waals surface area contributed by atoms with Crippen LogP contribution in [0, 0.1) is 0 Å². The molecule has 2 aliphatic carbocycles. The number of ketones is 1. The lowest BCUT2D eigenvalue weighted by atomic mass is 9.85. The molecule has 22 heavy (non-hydrogen) atoms. The first-order valence-corrected chi connectivity index (χ1v) is 8.13. The third kappa shape index (κ3) is 1.89. The van der Waals surface area contributed by atoms with Crippen molar-refractivity contribution in [3.8, 4) is 0 Å². The van der Waals surface area contributed by atoms with Crippen molar-refractivity contribution in [2.24, 2.45) is 0 Å². The predicted molar refractivity (Wildman–Crippen MR) is 93.3 cm³/mol. The Morgan fingerprint density at radius 1 is 1.09 bits per heavy atom. The lowest BCUT2D eigenvalue weighted by Gasteiger charge is -2.18. The van der Waals surface area contributed by atoms with Crippen LogP contribution in [0.2, 0.25) is 0 Å². The maximum Gasteiger partial charge on any atom is 0.160 e. The summed E-state index contributed by atoms with van der Waals surface area (Å²) in [6.07, 6.45) is 11.0. The van der Waals surface area contributed by atoms with Gasteiger partial charge in [0.05, 0.1) is 0 Å². The van der Waals surface area contributed by atoms with Crippen molar-refractivity contribution in [1.82, 2.24) is 0 Å². The van der Waals surface area contributed by atoms with Crippen molar-refractivity contribution in [2.45, 2.75) is 39.5 Å². The van der Waals surface area contributed by atoms with Crippen molar-refractivity contribution in [3.05, 3.63) is 51.4 Å². The van der Waals surface area contributed by atoms with Crippen LogP contribution < -0.4 is 10.4 Å². The zero-order chi connectivity index (χ0) is 15.3. The first-order valence-electron chi connectivity index (χ1n) is 8.13. The molecule has 4 rings (SSSR count). The molecular formula is C21H20O. The monoisotopic (exact) mass is 288 g/mol. The van der Waals surface area contributed by atoms with E-state index in [0.717, 1.165) is 31.2 Å². The van der Waals surface area contributed by atoms with Crippen LogP contribution in [0.1, 0.15) is 54.6 Å². The molecule has 0 amide bonds. The van der Waals surface area contributed by atoms with E-state index in [2.05, 4.69) is 43.4 Å². The van der Waals surface area contributed by atoms with E-state index in [1.165, 1.54) is 37.9 Å². The van der Waals surface area contributed by atoms with Crippen LogP contribution in [0.3, 0.4) is 0 Å². The number of carbonyl (C=O) groups is 1. The number of fused-ring (bicyclic) bond motifs is 5. The number of hydrogen-bond acceptors (Lipinski definition) is 1. The number of hydrogen-bond donors (Lipinski definition) is 0. The summed E-state index contributed by atoms with van der Waals surface area (Å²) in [5.41, 5.74) is 4.86. The normalized spacial score (nSPS) is 16.2. The lowest BCUT2D eigenvalue weighted by Crippen LogP contribution is -2.30. The summed E-state index contributed by atoms with van der Waals surface area (Å²) in [6, 6.07) is 6.65. The maximum atomic E-state index is 12.2. The average molecular weight is 288 g/mol. The second kappa shape index (κ2) is 4.95. The van der Waals surface area contributed by atoms with E-state index >= 15 is 0 Å². The van der Waals surface area contributed by atoms with E-state index in [1.54, 1.807) is 6.92 Å². The fraction of sp³-hybridized carbons (Fsp3) is 0.286. The summed E-state index contributed by atoms with van der Waals surface area (Å²) in [4.78, 5) is 12.2. The maximum absolute atomic E-state index is 12.2. The largest absolute Gasteiger partial charge is 0.295 e. The summed E-state index contributed by atoms with van der Waals surface area (Å²) in [7, 11) is 0. The van der Waals surface area contributed by atoms with E-state index in [9.17, 15) is 4.79 Å². The Bertz CT molecular complexity index is 958. The van der Waals surface area contributed by atoms with Gasteiger partial charge in [0.1, 0.15) is 0 Å². The van der Waals surface area contributed by atoms with Crippen LogP contribution in [-0.4, -0.2) is 5.78 Å². The minimum Gasteiger partial charge on any atom is -0.295 e. The van der Waals surface area contributed by atoms with E-state index in [4.69, 9.17) is 0 Å². The molecule has 0 atom stereocenters. The number of allylic oxidation sites excluding steroid dienone is 1. The van der Waals surface area contributed by atoms with Crippen molar-refractivity contribution >= 4 is 34.3 Å². The fourth-order valence-corrected chi connectivity index (χ4v) is 3.93. The zero-order valence-corrected chi connectivity index (χ0v) is 13.2. The molecule has 1 heteroatoms. The van der Waals surface area contributed by atoms with Crippen LogP contribution >= 0.6 is 0 Å². The second-order valence-corrected chi connectivity index (χ2v) is 6.46. The molecular weight excluding hydrogens is 268 g/mol. The molecule has 0 aliphatic heterocycles. The third-order valence-electron chi connectivity index (χ3n) is 5.07. The van der Waals surface area contributed by atoms with Gasteiger partial charge < -0.3 is 0 Å². The van der Waals surface area contributed by atoms with Gasteiger partial charge in [-0.25, -0.2) is 0 Å². The highest BCUT2D eigenvalue weighted by Crippen LogP contribution is 2.30. The van der Waals surface area contributed by atoms with Gasteiger partial charge in [0, 0.05) is 5.56 Å². The van der Waals surface area contributed by atoms with Crippen molar-refractivity contribution in [1.29, 1.82) is 0 Å². The Morgan fingerprint density at radius 2 is 1.95 bits per heavy atom. The molecule has 0 saturated heterocycles. The summed E-state index contributed by atoms with van der Waals surface area (Å²) in [5.74, 6) is 0.183. The molecule has 2 aromatic carbocycles. The quantitative estimate of drug-likeness (QED) is 0.730. The van der Waals surface area contributed by atoms with Crippen molar-refractivity contribution in [2.75, 3.05) is 0 Å². The summed E-state index contributed by atoms with van der Waals surface area (Å²) in [6.45, 7) is 3.91. The Balaban J connectivity index is 2.24. The van der Waals surface area contributed by atoms with E-state index in [0.29, 0.717) is 0 Å². The number of rotatable bonds is 1. The van der Waals surface area contributed by atoms with Crippen LogP contribution in [-0.2, 0) is 6.42 Å². The molecule has 0 aromatic heterocycles. The molecule has 0 heterocycles. The van der Waals surface area contributed by atoms with E-state index in [-0.39, 0.29) is 5.78 Å². The number of benzene rings is 2. The molecule has 0 bridgehead atoms. The van der Waals surface area contributed by atoms with Crippen LogP contribution in [0.4, 0.5) is 0 Å². The highest BCUT2D eigenvalue weighted by Gasteiger charge is 2.17. The highest BCUT2D eigenvalue weighted by atomic mass is 16.1. The number of Topliss-reactive ketones (excluding diaryl/α,β-unsaturated/α-hetero) is 1. The van der Waals surface area contributed by atoms with Gasteiger partial charge in [-0.05, 0) is 77.9 Å². The third-order valence-corrected chi connectivity index (χ3v) is 5.07. The van der Waals surface area contributed by atoms with Crippen LogP contribution in [0.15, 0.2) is 24.3 Å². The topological polar surface area (TPSA) is 17.1 Å². The minimum absolute atomic E-state index is 0.183. The SMILES string of the molecule is CC(=O)c1cc2c3c(ccc2c2c1CCC=C2)=C(C)CCC=3. The van der Waals surface area contributed by atoms with Crippen molar-refractivity contribution < 1.29 is 4.79 Å². The van der Waals surface area contributed by atoms with Gasteiger partial charge in [0.25, 0.3) is 0 Å². The highest BCUT2D eigenvalue weighted by molar-refractivity contribution is 6.04. The van der Waals surface area contributed by atoms with Gasteiger partial charge in [-0.1, -0.05) is 35.9 Å². The smallest absolute Gasteiger partial charge is 0.160 e. The van der Waals surface area contributed by atoms with Gasteiger partial charge in [-0.15, -0.1) is 0 Å². The molecule has 0 N–H and O–H groups in total. The van der Waals surface area contributed by atoms with Crippen LogP contribution in [0.5, 0.6) is 0 Å². The van der Waals surface area contributed by atoms with Gasteiger partial charge in [0.15, 0.2) is 5.78 Å². The Kier molecular flexibility index (Phi) is 3.04. The first kappa shape index (κ1) is 13.5. The summed E-state index contributed by atoms with van der Waals surface area (Å²) in [5, 5.41) is 5.21. The first-order chi connectivity index (χ1) is 10.7. The Hall–Kier alpha value is -2.15. The van der Waals surface area contributed by atoms with Crippen molar-refractivity contribution in [3.63, 3.8) is 0 Å². The summed E-state index contributed by atoms with van der Waals surface area (Å²) < 4.78 is 0. The van der Waals surface area contributed by atoms with Crippen LogP contribution in [0.25, 0.3) is 28.5 Å². The van der Waals surface area contributed by atoms with E-state index < -0.39 is 0 Å². The zero-order valence-electron chi connectivity index (χ0n) is 13.2. The molecule has 2 aromatic rings. The molecule has 1 nitrogen and oxygen atoms in total. The number of carbonyl (C=O) groups excluding carboxylic acids is 1. The standard InChI is InChI=1S/C21H20O/c1-13-6-5-9-16-15(13)10-11-19-17-7-3-4-8-18(17)20(14(2)22)12-21(16)19/h3,7,9-12H,4-6,8H2,1-2H3. The van der Waals surface area contributed by atoms with Gasteiger partial charge in [-0.2, -0.15) is 0 Å². The molecule has 0 saturated carbocycles. The van der Waals surface area contributed by atoms with Gasteiger partial charge >= 0.3 is 0 Å².